The molecule has 0 radical (unpaired) electrons. The number of benzene rings is 2. The number of nitrogens with zero attached hydrogens (tertiary/aromatic N) is 2. The maximum atomic E-state index is 9.45. The SMILES string of the molecule is Oc1cccc(Cn2cnc(-c3ccccc3)c2)c1. The minimum atomic E-state index is 0.292. The third-order valence-corrected chi connectivity index (χ3v) is 2.98. The van der Waals surface area contributed by atoms with Crippen molar-refractivity contribution < 1.29 is 5.11 Å². The van der Waals surface area contributed by atoms with Gasteiger partial charge in [0, 0.05) is 18.3 Å². The monoisotopic (exact) mass is 250 g/mol. The van der Waals surface area contributed by atoms with E-state index >= 15 is 0 Å². The number of phenolic OH excluding ortho intramolecular Hbond substituents is 1. The molecular formula is C16H14N2O. The number of rotatable bonds is 3. The van der Waals surface area contributed by atoms with Crippen molar-refractivity contribution in [2.45, 2.75) is 6.54 Å². The molecule has 0 saturated carbocycles. The van der Waals surface area contributed by atoms with Crippen molar-refractivity contribution in [3.8, 4) is 17.0 Å². The van der Waals surface area contributed by atoms with Crippen LogP contribution in [0.4, 0.5) is 0 Å². The predicted molar refractivity (Wildman–Crippen MR) is 74.9 cm³/mol. The zero-order chi connectivity index (χ0) is 13.1. The molecule has 0 unspecified atom stereocenters. The van der Waals surface area contributed by atoms with Gasteiger partial charge in [0.1, 0.15) is 5.75 Å². The molecule has 1 aromatic heterocycles. The van der Waals surface area contributed by atoms with Gasteiger partial charge in [0.05, 0.1) is 12.0 Å². The first-order chi connectivity index (χ1) is 9.31. The van der Waals surface area contributed by atoms with E-state index in [1.807, 2.05) is 59.6 Å². The van der Waals surface area contributed by atoms with Crippen LogP contribution in [0.15, 0.2) is 67.1 Å². The maximum Gasteiger partial charge on any atom is 0.115 e. The Hall–Kier alpha value is -2.55. The van der Waals surface area contributed by atoms with Gasteiger partial charge in [0.2, 0.25) is 0 Å². The van der Waals surface area contributed by atoms with Crippen LogP contribution in [-0.2, 0) is 6.54 Å². The van der Waals surface area contributed by atoms with E-state index in [2.05, 4.69) is 4.98 Å². The smallest absolute Gasteiger partial charge is 0.115 e. The third-order valence-electron chi connectivity index (χ3n) is 2.98. The lowest BCUT2D eigenvalue weighted by molar-refractivity contribution is 0.474. The summed E-state index contributed by atoms with van der Waals surface area (Å²) in [7, 11) is 0. The highest BCUT2D eigenvalue weighted by Crippen LogP contribution is 2.17. The molecule has 3 rings (SSSR count). The van der Waals surface area contributed by atoms with Crippen molar-refractivity contribution in [1.29, 1.82) is 0 Å². The van der Waals surface area contributed by atoms with Crippen molar-refractivity contribution in [2.24, 2.45) is 0 Å². The topological polar surface area (TPSA) is 38.0 Å². The highest BCUT2D eigenvalue weighted by atomic mass is 16.3. The average Bonchev–Trinajstić information content (AvgIpc) is 2.88. The zero-order valence-corrected chi connectivity index (χ0v) is 10.4. The largest absolute Gasteiger partial charge is 0.508 e. The van der Waals surface area contributed by atoms with Crippen LogP contribution in [0.25, 0.3) is 11.3 Å². The van der Waals surface area contributed by atoms with E-state index in [0.717, 1.165) is 16.8 Å². The lowest BCUT2D eigenvalue weighted by Gasteiger charge is -2.02. The summed E-state index contributed by atoms with van der Waals surface area (Å²) in [5.41, 5.74) is 3.12. The first kappa shape index (κ1) is 11.5. The molecule has 0 spiro atoms. The Bertz CT molecular complexity index is 674. The summed E-state index contributed by atoms with van der Waals surface area (Å²) in [5, 5.41) is 9.45. The van der Waals surface area contributed by atoms with Crippen LogP contribution in [0, 0.1) is 0 Å². The van der Waals surface area contributed by atoms with Crippen LogP contribution in [0.5, 0.6) is 5.75 Å². The van der Waals surface area contributed by atoms with Crippen LogP contribution in [0.1, 0.15) is 5.56 Å². The summed E-state index contributed by atoms with van der Waals surface area (Å²) < 4.78 is 2.01. The van der Waals surface area contributed by atoms with Crippen molar-refractivity contribution in [3.63, 3.8) is 0 Å². The molecule has 0 saturated heterocycles. The van der Waals surface area contributed by atoms with E-state index in [-0.39, 0.29) is 0 Å². The Balaban J connectivity index is 1.82. The van der Waals surface area contributed by atoms with Crippen molar-refractivity contribution >= 4 is 0 Å². The number of aromatic hydroxyl groups is 1. The summed E-state index contributed by atoms with van der Waals surface area (Å²) in [6.45, 7) is 0.703. The summed E-state index contributed by atoms with van der Waals surface area (Å²) >= 11 is 0. The number of hydrogen-bond acceptors (Lipinski definition) is 2. The molecule has 0 aliphatic heterocycles. The fraction of sp³-hybridized carbons (Fsp3) is 0.0625. The van der Waals surface area contributed by atoms with E-state index < -0.39 is 0 Å². The molecule has 0 aliphatic rings. The van der Waals surface area contributed by atoms with E-state index in [1.165, 1.54) is 0 Å². The van der Waals surface area contributed by atoms with Crippen LogP contribution in [0.2, 0.25) is 0 Å². The second-order valence-corrected chi connectivity index (χ2v) is 4.47. The number of imidazole rings is 1. The van der Waals surface area contributed by atoms with Gasteiger partial charge in [-0.2, -0.15) is 0 Å². The molecule has 1 heterocycles. The summed E-state index contributed by atoms with van der Waals surface area (Å²) in [5.74, 6) is 0.292. The minimum Gasteiger partial charge on any atom is -0.508 e. The molecule has 0 atom stereocenters. The number of phenols is 1. The summed E-state index contributed by atoms with van der Waals surface area (Å²) in [6.07, 6.45) is 3.83. The molecular weight excluding hydrogens is 236 g/mol. The van der Waals surface area contributed by atoms with Crippen LogP contribution in [-0.4, -0.2) is 14.7 Å². The molecule has 2 aromatic carbocycles. The van der Waals surface area contributed by atoms with Gasteiger partial charge >= 0.3 is 0 Å². The van der Waals surface area contributed by atoms with E-state index in [4.69, 9.17) is 0 Å². The van der Waals surface area contributed by atoms with E-state index in [0.29, 0.717) is 12.3 Å². The second kappa shape index (κ2) is 4.98. The minimum absolute atomic E-state index is 0.292. The lowest BCUT2D eigenvalue weighted by Crippen LogP contribution is -1.95. The van der Waals surface area contributed by atoms with Crippen LogP contribution in [0.3, 0.4) is 0 Å². The predicted octanol–water partition coefficient (Wildman–Crippen LogP) is 3.30. The second-order valence-electron chi connectivity index (χ2n) is 4.47. The molecule has 0 fully saturated rings. The molecule has 0 aliphatic carbocycles. The van der Waals surface area contributed by atoms with Gasteiger partial charge in [-0.25, -0.2) is 4.98 Å². The average molecular weight is 250 g/mol. The van der Waals surface area contributed by atoms with Crippen molar-refractivity contribution in [2.75, 3.05) is 0 Å². The molecule has 0 bridgehead atoms. The zero-order valence-electron chi connectivity index (χ0n) is 10.4. The molecule has 94 valence electrons. The first-order valence-electron chi connectivity index (χ1n) is 6.16. The Labute approximate surface area is 111 Å². The summed E-state index contributed by atoms with van der Waals surface area (Å²) in [4.78, 5) is 4.41. The maximum absolute atomic E-state index is 9.45. The number of aromatic nitrogens is 2. The summed E-state index contributed by atoms with van der Waals surface area (Å²) in [6, 6.07) is 17.4. The van der Waals surface area contributed by atoms with Crippen molar-refractivity contribution in [3.05, 3.63) is 72.7 Å². The Morgan fingerprint density at radius 1 is 1.00 bits per heavy atom. The van der Waals surface area contributed by atoms with E-state index in [9.17, 15) is 5.11 Å². The van der Waals surface area contributed by atoms with Crippen molar-refractivity contribution in [1.82, 2.24) is 9.55 Å². The molecule has 3 heteroatoms. The lowest BCUT2D eigenvalue weighted by atomic mass is 10.2. The Kier molecular flexibility index (Phi) is 3.02. The van der Waals surface area contributed by atoms with Gasteiger partial charge in [-0.3, -0.25) is 0 Å². The molecule has 19 heavy (non-hydrogen) atoms. The first-order valence-corrected chi connectivity index (χ1v) is 6.16. The quantitative estimate of drug-likeness (QED) is 0.774. The van der Waals surface area contributed by atoms with Gasteiger partial charge < -0.3 is 9.67 Å². The molecule has 0 amide bonds. The fourth-order valence-corrected chi connectivity index (χ4v) is 2.07. The molecule has 1 N–H and O–H groups in total. The van der Waals surface area contributed by atoms with E-state index in [1.54, 1.807) is 12.1 Å². The standard InChI is InChI=1S/C16H14N2O/c19-15-8-4-5-13(9-15)10-18-11-16(17-12-18)14-6-2-1-3-7-14/h1-9,11-12,19H,10H2. The van der Waals surface area contributed by atoms with Gasteiger partial charge in [0.25, 0.3) is 0 Å². The third kappa shape index (κ3) is 2.65. The fourth-order valence-electron chi connectivity index (χ4n) is 2.07. The van der Waals surface area contributed by atoms with Gasteiger partial charge in [-0.05, 0) is 17.7 Å². The highest BCUT2D eigenvalue weighted by molar-refractivity contribution is 5.57. The van der Waals surface area contributed by atoms with Crippen LogP contribution < -0.4 is 0 Å². The highest BCUT2D eigenvalue weighted by Gasteiger charge is 2.02. The Morgan fingerprint density at radius 2 is 1.84 bits per heavy atom. The van der Waals surface area contributed by atoms with Crippen LogP contribution >= 0.6 is 0 Å². The Morgan fingerprint density at radius 3 is 2.63 bits per heavy atom. The molecule has 3 nitrogen and oxygen atoms in total. The normalized spacial score (nSPS) is 10.5. The van der Waals surface area contributed by atoms with Gasteiger partial charge in [-0.15, -0.1) is 0 Å². The molecule has 3 aromatic rings. The van der Waals surface area contributed by atoms with Gasteiger partial charge in [-0.1, -0.05) is 42.5 Å². The van der Waals surface area contributed by atoms with Gasteiger partial charge in [0.15, 0.2) is 0 Å². The number of hydrogen-bond donors (Lipinski definition) is 1.